The van der Waals surface area contributed by atoms with Crippen molar-refractivity contribution in [1.82, 2.24) is 15.0 Å². The zero-order valence-electron chi connectivity index (χ0n) is 23.6. The highest BCUT2D eigenvalue weighted by Crippen LogP contribution is 2.29. The molecule has 184 valence electrons. The van der Waals surface area contributed by atoms with Gasteiger partial charge in [-0.15, -0.1) is 0 Å². The fourth-order valence-corrected chi connectivity index (χ4v) is 4.21. The molecular weight excluding hydrogens is 483 g/mol. The summed E-state index contributed by atoms with van der Waals surface area (Å²) < 4.78 is 39.5. The van der Waals surface area contributed by atoms with E-state index < -0.39 is 29.5 Å². The Labute approximate surface area is 230 Å². The van der Waals surface area contributed by atoms with Crippen molar-refractivity contribution in [2.24, 2.45) is 0 Å². The molecule has 0 spiro atoms. The minimum absolute atomic E-state index is 0.0886. The van der Waals surface area contributed by atoms with Gasteiger partial charge in [0.1, 0.15) is 11.9 Å². The summed E-state index contributed by atoms with van der Waals surface area (Å²) in [7, 11) is 0. The molecule has 4 nitrogen and oxygen atoms in total. The van der Waals surface area contributed by atoms with Gasteiger partial charge in [-0.2, -0.15) is 5.26 Å². The minimum atomic E-state index is -1.21. The van der Waals surface area contributed by atoms with Gasteiger partial charge in [0.05, 0.1) is 9.68 Å². The van der Waals surface area contributed by atoms with Gasteiger partial charge in [0.2, 0.25) is 0 Å². The summed E-state index contributed by atoms with van der Waals surface area (Å²) in [6.45, 7) is 0. The molecule has 6 aromatic rings. The maximum Gasteiger partial charge on any atom is 0.164 e. The number of nitrogens with zero attached hydrogens (tertiary/aromatic N) is 4. The topological polar surface area (TPSA) is 62.5 Å². The molecule has 0 atom stereocenters. The van der Waals surface area contributed by atoms with Crippen LogP contribution in [0.25, 0.3) is 56.4 Å². The lowest BCUT2D eigenvalue weighted by molar-refractivity contribution is 0.624. The van der Waals surface area contributed by atoms with Crippen LogP contribution in [0.3, 0.4) is 0 Å². The summed E-state index contributed by atoms with van der Waals surface area (Å²) in [5, 5.41) is 9.48. The van der Waals surface area contributed by atoms with Gasteiger partial charge in [-0.3, -0.25) is 0 Å². The van der Waals surface area contributed by atoms with E-state index in [0.717, 1.165) is 22.3 Å². The molecule has 6 rings (SSSR count). The molecule has 0 radical (unpaired) electrons. The Morgan fingerprint density at radius 3 is 1.33 bits per heavy atom. The SMILES string of the molecule is [2H]c1c([2H])c(-c2nc(-c3ccc(-c4ccccc4)cc3)nc(-c3ccc(-c4ccccc4)cc3)n2)c([2H])c(C#N)c1F. The van der Waals surface area contributed by atoms with E-state index >= 15 is 0 Å². The average molecular weight is 508 g/mol. The standard InChI is InChI=1S/C34H21FN4/c35-31-20-19-29(21-30(31)22-36)34-38-32(27-15-11-25(12-16-27)23-7-3-1-4-8-23)37-33(39-34)28-17-13-26(14-18-28)24-9-5-2-6-10-24/h1-21H/i19D,20D,21D. The third-order valence-electron chi connectivity index (χ3n) is 6.24. The first-order chi connectivity index (χ1) is 20.4. The van der Waals surface area contributed by atoms with Crippen LogP contribution in [-0.4, -0.2) is 15.0 Å². The molecule has 0 bridgehead atoms. The first kappa shape index (κ1) is 20.6. The van der Waals surface area contributed by atoms with Crippen molar-refractivity contribution >= 4 is 0 Å². The largest absolute Gasteiger partial charge is 0.208 e. The van der Waals surface area contributed by atoms with Crippen LogP contribution in [0.1, 0.15) is 9.68 Å². The van der Waals surface area contributed by atoms with Gasteiger partial charge in [0, 0.05) is 16.7 Å². The molecule has 39 heavy (non-hydrogen) atoms. The number of nitriles is 1. The van der Waals surface area contributed by atoms with Crippen LogP contribution in [0.2, 0.25) is 0 Å². The molecule has 1 heterocycles. The molecule has 0 N–H and O–H groups in total. The van der Waals surface area contributed by atoms with Gasteiger partial charge in [0.15, 0.2) is 17.5 Å². The second kappa shape index (κ2) is 10.5. The van der Waals surface area contributed by atoms with Crippen molar-refractivity contribution in [1.29, 1.82) is 5.26 Å². The Bertz CT molecular complexity index is 1860. The molecule has 5 heteroatoms. The summed E-state index contributed by atoms with van der Waals surface area (Å²) in [4.78, 5) is 13.8. The predicted molar refractivity (Wildman–Crippen MR) is 152 cm³/mol. The van der Waals surface area contributed by atoms with E-state index in [1.54, 1.807) is 6.07 Å². The van der Waals surface area contributed by atoms with Crippen molar-refractivity contribution < 1.29 is 8.50 Å². The van der Waals surface area contributed by atoms with Crippen LogP contribution < -0.4 is 0 Å². The summed E-state index contributed by atoms with van der Waals surface area (Å²) in [6.07, 6.45) is 0. The summed E-state index contributed by atoms with van der Waals surface area (Å²) >= 11 is 0. The maximum absolute atomic E-state index is 14.6. The highest BCUT2D eigenvalue weighted by atomic mass is 19.1. The van der Waals surface area contributed by atoms with Gasteiger partial charge < -0.3 is 0 Å². The Morgan fingerprint density at radius 1 is 0.513 bits per heavy atom. The normalized spacial score (nSPS) is 11.7. The van der Waals surface area contributed by atoms with Gasteiger partial charge in [-0.25, -0.2) is 19.3 Å². The number of hydrogen-bond acceptors (Lipinski definition) is 4. The van der Waals surface area contributed by atoms with Crippen molar-refractivity contribution in [3.05, 3.63) is 139 Å². The van der Waals surface area contributed by atoms with Gasteiger partial charge in [-0.1, -0.05) is 109 Å². The van der Waals surface area contributed by atoms with E-state index in [0.29, 0.717) is 11.1 Å². The first-order valence-electron chi connectivity index (χ1n) is 13.7. The number of halogens is 1. The lowest BCUT2D eigenvalue weighted by Crippen LogP contribution is -2.00. The molecule has 0 amide bonds. The van der Waals surface area contributed by atoms with Crippen LogP contribution >= 0.6 is 0 Å². The monoisotopic (exact) mass is 507 g/mol. The number of rotatable bonds is 5. The Balaban J connectivity index is 1.51. The molecule has 1 aromatic heterocycles. The van der Waals surface area contributed by atoms with Gasteiger partial charge in [-0.05, 0) is 40.4 Å². The molecule has 0 unspecified atom stereocenters. The highest BCUT2D eigenvalue weighted by Gasteiger charge is 2.14. The second-order valence-corrected chi connectivity index (χ2v) is 8.74. The smallest absolute Gasteiger partial charge is 0.164 e. The summed E-state index contributed by atoms with van der Waals surface area (Å²) in [5.41, 5.74) is 4.59. The van der Waals surface area contributed by atoms with Crippen LogP contribution in [0.4, 0.5) is 4.39 Å². The van der Waals surface area contributed by atoms with Crippen molar-refractivity contribution in [2.75, 3.05) is 0 Å². The summed E-state index contributed by atoms with van der Waals surface area (Å²) in [6, 6.07) is 34.8. The molecule has 0 aliphatic rings. The predicted octanol–water partition coefficient (Wildman–Crippen LogP) is 8.22. The van der Waals surface area contributed by atoms with E-state index in [1.807, 2.05) is 109 Å². The van der Waals surface area contributed by atoms with Crippen molar-refractivity contribution in [2.45, 2.75) is 0 Å². The Morgan fingerprint density at radius 2 is 0.897 bits per heavy atom. The fraction of sp³-hybridized carbons (Fsp3) is 0. The maximum atomic E-state index is 14.6. The number of benzene rings is 5. The van der Waals surface area contributed by atoms with Gasteiger partial charge >= 0.3 is 0 Å². The molecule has 5 aromatic carbocycles. The van der Waals surface area contributed by atoms with E-state index in [2.05, 4.69) is 9.97 Å². The van der Waals surface area contributed by atoms with Crippen LogP contribution in [-0.2, 0) is 0 Å². The Hall–Kier alpha value is -5.47. The Kier molecular flexibility index (Phi) is 5.53. The van der Waals surface area contributed by atoms with Gasteiger partial charge in [0.25, 0.3) is 0 Å². The number of hydrogen-bond donors (Lipinski definition) is 0. The molecule has 0 aliphatic carbocycles. The molecule has 0 saturated heterocycles. The molecular formula is C34H21FN4. The van der Waals surface area contributed by atoms with Crippen LogP contribution in [0.5, 0.6) is 0 Å². The zero-order chi connectivity index (χ0) is 29.2. The number of aromatic nitrogens is 3. The second-order valence-electron chi connectivity index (χ2n) is 8.74. The van der Waals surface area contributed by atoms with E-state index in [9.17, 15) is 9.65 Å². The van der Waals surface area contributed by atoms with E-state index in [4.69, 9.17) is 9.10 Å². The fourth-order valence-electron chi connectivity index (χ4n) is 4.21. The third kappa shape index (κ3) is 5.04. The van der Waals surface area contributed by atoms with E-state index in [-0.39, 0.29) is 23.0 Å². The average Bonchev–Trinajstić information content (AvgIpc) is 3.05. The van der Waals surface area contributed by atoms with Crippen molar-refractivity contribution in [3.8, 4) is 62.5 Å². The zero-order valence-corrected chi connectivity index (χ0v) is 20.6. The first-order valence-corrected chi connectivity index (χ1v) is 12.2. The van der Waals surface area contributed by atoms with Crippen LogP contribution in [0.15, 0.2) is 127 Å². The quantitative estimate of drug-likeness (QED) is 0.236. The van der Waals surface area contributed by atoms with Crippen molar-refractivity contribution in [3.63, 3.8) is 0 Å². The lowest BCUT2D eigenvalue weighted by atomic mass is 10.0. The molecule has 0 aliphatic heterocycles. The minimum Gasteiger partial charge on any atom is -0.208 e. The lowest BCUT2D eigenvalue weighted by Gasteiger charge is -2.10. The third-order valence-corrected chi connectivity index (χ3v) is 6.24. The summed E-state index contributed by atoms with van der Waals surface area (Å²) in [5.74, 6) is -0.752. The molecule has 0 saturated carbocycles. The van der Waals surface area contributed by atoms with Crippen LogP contribution in [0, 0.1) is 17.1 Å². The highest BCUT2D eigenvalue weighted by molar-refractivity contribution is 5.72. The molecule has 0 fully saturated rings. The van der Waals surface area contributed by atoms with E-state index in [1.165, 1.54) is 0 Å².